The van der Waals surface area contributed by atoms with Crippen LogP contribution in [-0.2, 0) is 12.7 Å². The highest BCUT2D eigenvalue weighted by Gasteiger charge is 2.43. The summed E-state index contributed by atoms with van der Waals surface area (Å²) in [6.07, 6.45) is 6.26. The van der Waals surface area contributed by atoms with E-state index in [2.05, 4.69) is 36.6 Å². The quantitative estimate of drug-likeness (QED) is 0.513. The fourth-order valence-corrected chi connectivity index (χ4v) is 7.24. The third-order valence-electron chi connectivity index (χ3n) is 9.02. The molecule has 1 aliphatic heterocycles. The number of fused-ring (bicyclic) bond motifs is 1. The summed E-state index contributed by atoms with van der Waals surface area (Å²) in [6, 6.07) is 1.14. The van der Waals surface area contributed by atoms with Crippen LogP contribution < -0.4 is 16.5 Å². The first-order chi connectivity index (χ1) is 18.0. The van der Waals surface area contributed by atoms with Crippen molar-refractivity contribution in [1.82, 2.24) is 29.6 Å². The normalized spacial score (nSPS) is 26.5. The van der Waals surface area contributed by atoms with Crippen LogP contribution in [0.4, 0.5) is 13.2 Å². The van der Waals surface area contributed by atoms with Crippen LogP contribution in [0.5, 0.6) is 0 Å². The van der Waals surface area contributed by atoms with Gasteiger partial charge in [-0.15, -0.1) is 0 Å². The number of aromatic nitrogens is 2. The SMILES string of the molecule is CC(C)CN(C)Cc1cc(C(F)(F)F)c2cn(C3CCCC([C@@H](C4CCC4)C4NNCN4C)C3)c(=O)n2c1. The van der Waals surface area contributed by atoms with Crippen molar-refractivity contribution in [2.75, 3.05) is 27.3 Å². The summed E-state index contributed by atoms with van der Waals surface area (Å²) in [5, 5.41) is 0. The van der Waals surface area contributed by atoms with E-state index in [1.165, 1.54) is 35.9 Å². The van der Waals surface area contributed by atoms with Gasteiger partial charge < -0.3 is 4.90 Å². The Morgan fingerprint density at radius 2 is 1.82 bits per heavy atom. The summed E-state index contributed by atoms with van der Waals surface area (Å²) in [7, 11) is 4.03. The standard InChI is InChI=1S/C28H43F3N6O/c1-18(2)13-34(3)14-19-11-23(28(29,30)31)24-16-36(27(38)37(24)15-19)22-10-6-9-21(12-22)25(20-7-5-8-20)26-33-32-17-35(26)4/h11,15-16,18,20-22,25-26,32-33H,5-10,12-14,17H2,1-4H3/t21?,22?,25-,26?/m1/s1. The van der Waals surface area contributed by atoms with E-state index < -0.39 is 11.7 Å². The summed E-state index contributed by atoms with van der Waals surface area (Å²) in [5.74, 6) is 1.95. The molecule has 38 heavy (non-hydrogen) atoms. The average molecular weight is 537 g/mol. The number of hydrogen-bond acceptors (Lipinski definition) is 5. The molecule has 2 N–H and O–H groups in total. The second-order valence-corrected chi connectivity index (χ2v) is 12.5. The van der Waals surface area contributed by atoms with Crippen LogP contribution in [0, 0.1) is 23.7 Å². The number of hydrogen-bond donors (Lipinski definition) is 2. The van der Waals surface area contributed by atoms with Gasteiger partial charge in [0, 0.05) is 31.5 Å². The Morgan fingerprint density at radius 1 is 1.11 bits per heavy atom. The molecule has 212 valence electrons. The number of nitrogens with zero attached hydrogens (tertiary/aromatic N) is 4. The van der Waals surface area contributed by atoms with E-state index in [9.17, 15) is 18.0 Å². The largest absolute Gasteiger partial charge is 0.418 e. The van der Waals surface area contributed by atoms with Crippen molar-refractivity contribution >= 4 is 5.52 Å². The van der Waals surface area contributed by atoms with Crippen molar-refractivity contribution in [2.45, 2.75) is 83.7 Å². The van der Waals surface area contributed by atoms with Crippen molar-refractivity contribution in [1.29, 1.82) is 0 Å². The predicted molar refractivity (Wildman–Crippen MR) is 142 cm³/mol. The van der Waals surface area contributed by atoms with Gasteiger partial charge in [-0.1, -0.05) is 39.5 Å². The lowest BCUT2D eigenvalue weighted by Gasteiger charge is -2.46. The van der Waals surface area contributed by atoms with Gasteiger partial charge in [0.2, 0.25) is 0 Å². The van der Waals surface area contributed by atoms with Crippen LogP contribution in [-0.4, -0.2) is 52.2 Å². The lowest BCUT2D eigenvalue weighted by atomic mass is 9.65. The Balaban J connectivity index is 1.46. The van der Waals surface area contributed by atoms with E-state index in [1.807, 2.05) is 11.9 Å². The van der Waals surface area contributed by atoms with E-state index in [-0.39, 0.29) is 23.4 Å². The Kier molecular flexibility index (Phi) is 7.97. The summed E-state index contributed by atoms with van der Waals surface area (Å²) >= 11 is 0. The minimum absolute atomic E-state index is 0.0446. The Bertz CT molecular complexity index is 1170. The summed E-state index contributed by atoms with van der Waals surface area (Å²) < 4.78 is 45.4. The van der Waals surface area contributed by atoms with Crippen LogP contribution in [0.3, 0.4) is 0 Å². The number of hydrazine groups is 1. The first-order valence-electron chi connectivity index (χ1n) is 14.2. The van der Waals surface area contributed by atoms with E-state index in [1.54, 1.807) is 10.8 Å². The van der Waals surface area contributed by atoms with Gasteiger partial charge in [0.05, 0.1) is 23.9 Å². The second kappa shape index (κ2) is 10.9. The van der Waals surface area contributed by atoms with Crippen LogP contribution in [0.2, 0.25) is 0 Å². The second-order valence-electron chi connectivity index (χ2n) is 12.5. The lowest BCUT2D eigenvalue weighted by molar-refractivity contribution is -0.136. The number of rotatable bonds is 8. The summed E-state index contributed by atoms with van der Waals surface area (Å²) in [6.45, 7) is 6.08. The molecule has 2 saturated carbocycles. The van der Waals surface area contributed by atoms with Crippen molar-refractivity contribution in [2.24, 2.45) is 23.7 Å². The average Bonchev–Trinajstić information content (AvgIpc) is 3.37. The maximum atomic E-state index is 14.2. The fraction of sp³-hybridized carbons (Fsp3) is 0.750. The maximum absolute atomic E-state index is 14.2. The predicted octanol–water partition coefficient (Wildman–Crippen LogP) is 4.68. The molecule has 2 aromatic heterocycles. The molecular formula is C28H43F3N6O. The molecule has 0 radical (unpaired) electrons. The van der Waals surface area contributed by atoms with E-state index in [4.69, 9.17) is 0 Å². The molecule has 1 saturated heterocycles. The molecule has 2 aliphatic carbocycles. The van der Waals surface area contributed by atoms with Gasteiger partial charge in [-0.05, 0) is 68.7 Å². The van der Waals surface area contributed by atoms with E-state index >= 15 is 0 Å². The van der Waals surface area contributed by atoms with E-state index in [0.29, 0.717) is 35.8 Å². The molecule has 0 amide bonds. The molecule has 5 rings (SSSR count). The smallest absolute Gasteiger partial charge is 0.302 e. The van der Waals surface area contributed by atoms with Gasteiger partial charge in [-0.25, -0.2) is 15.6 Å². The molecule has 7 nitrogen and oxygen atoms in total. The summed E-state index contributed by atoms with van der Waals surface area (Å²) in [5.41, 5.74) is 6.11. The lowest BCUT2D eigenvalue weighted by Crippen LogP contribution is -2.50. The Morgan fingerprint density at radius 3 is 2.42 bits per heavy atom. The molecular weight excluding hydrogens is 493 g/mol. The highest BCUT2D eigenvalue weighted by atomic mass is 19.4. The van der Waals surface area contributed by atoms with Crippen LogP contribution in [0.15, 0.2) is 23.3 Å². The fourth-order valence-electron chi connectivity index (χ4n) is 7.24. The topological polar surface area (TPSA) is 57.0 Å². The highest BCUT2D eigenvalue weighted by molar-refractivity contribution is 5.56. The molecule has 3 fully saturated rings. The Hall–Kier alpha value is -1.88. The molecule has 10 heteroatoms. The van der Waals surface area contributed by atoms with Gasteiger partial charge >= 0.3 is 11.9 Å². The number of nitrogens with one attached hydrogen (secondary N) is 2. The minimum Gasteiger partial charge on any atom is -0.302 e. The first-order valence-corrected chi connectivity index (χ1v) is 14.2. The van der Waals surface area contributed by atoms with Crippen LogP contribution in [0.1, 0.15) is 76.0 Å². The van der Waals surface area contributed by atoms with Gasteiger partial charge in [-0.2, -0.15) is 13.2 Å². The molecule has 0 aromatic carbocycles. The minimum atomic E-state index is -4.54. The first kappa shape index (κ1) is 27.7. The molecule has 3 unspecified atom stereocenters. The number of pyridine rings is 1. The van der Waals surface area contributed by atoms with Gasteiger partial charge in [0.1, 0.15) is 0 Å². The molecule has 3 aliphatic rings. The molecule has 2 aromatic rings. The van der Waals surface area contributed by atoms with Gasteiger partial charge in [-0.3, -0.25) is 13.9 Å². The number of halogens is 3. The zero-order valence-electron chi connectivity index (χ0n) is 23.1. The van der Waals surface area contributed by atoms with Crippen molar-refractivity contribution in [3.05, 3.63) is 40.1 Å². The van der Waals surface area contributed by atoms with Crippen LogP contribution >= 0.6 is 0 Å². The molecule has 0 spiro atoms. The third kappa shape index (κ3) is 5.55. The molecule has 3 heterocycles. The zero-order chi connectivity index (χ0) is 27.2. The van der Waals surface area contributed by atoms with Crippen molar-refractivity contribution in [3.63, 3.8) is 0 Å². The third-order valence-corrected chi connectivity index (χ3v) is 9.02. The Labute approximate surface area is 223 Å². The maximum Gasteiger partial charge on any atom is 0.418 e. The van der Waals surface area contributed by atoms with E-state index in [0.717, 1.165) is 38.9 Å². The van der Waals surface area contributed by atoms with Crippen LogP contribution in [0.25, 0.3) is 5.52 Å². The highest BCUT2D eigenvalue weighted by Crippen LogP contribution is 2.46. The molecule has 4 atom stereocenters. The van der Waals surface area contributed by atoms with Crippen molar-refractivity contribution in [3.8, 4) is 0 Å². The monoisotopic (exact) mass is 536 g/mol. The zero-order valence-corrected chi connectivity index (χ0v) is 23.1. The number of imidazole rings is 1. The summed E-state index contributed by atoms with van der Waals surface area (Å²) in [4.78, 5) is 17.9. The number of alkyl halides is 3. The molecule has 0 bridgehead atoms. The van der Waals surface area contributed by atoms with Crippen molar-refractivity contribution < 1.29 is 13.2 Å². The van der Waals surface area contributed by atoms with Gasteiger partial charge in [0.25, 0.3) is 0 Å². The van der Waals surface area contributed by atoms with Gasteiger partial charge in [0.15, 0.2) is 0 Å².